The lowest BCUT2D eigenvalue weighted by atomic mass is 9.89. The van der Waals surface area contributed by atoms with Gasteiger partial charge < -0.3 is 10.4 Å². The Morgan fingerprint density at radius 2 is 1.94 bits per heavy atom. The molecule has 18 heavy (non-hydrogen) atoms. The maximum absolute atomic E-state index is 9.04. The molecule has 1 rings (SSSR count). The predicted octanol–water partition coefficient (Wildman–Crippen LogP) is 3.36. The Hall–Kier alpha value is -0.860. The van der Waals surface area contributed by atoms with Gasteiger partial charge in [0.05, 0.1) is 0 Å². The summed E-state index contributed by atoms with van der Waals surface area (Å²) in [6.07, 6.45) is 0.833. The van der Waals surface area contributed by atoms with Crippen molar-refractivity contribution in [3.05, 3.63) is 34.9 Å². The SMILES string of the molecule is Cc1cccc(C(C)NCC(C)(C)CCO)c1C. The van der Waals surface area contributed by atoms with Crippen molar-refractivity contribution in [1.29, 1.82) is 0 Å². The van der Waals surface area contributed by atoms with Gasteiger partial charge in [-0.3, -0.25) is 0 Å². The van der Waals surface area contributed by atoms with Crippen LogP contribution in [0.25, 0.3) is 0 Å². The van der Waals surface area contributed by atoms with E-state index in [0.717, 1.165) is 13.0 Å². The van der Waals surface area contributed by atoms with Crippen LogP contribution >= 0.6 is 0 Å². The molecule has 0 bridgehead atoms. The molecule has 0 amide bonds. The largest absolute Gasteiger partial charge is 0.396 e. The Morgan fingerprint density at radius 3 is 2.56 bits per heavy atom. The molecule has 1 unspecified atom stereocenters. The number of benzene rings is 1. The molecule has 0 fully saturated rings. The molecule has 1 aromatic rings. The highest BCUT2D eigenvalue weighted by Crippen LogP contribution is 2.23. The van der Waals surface area contributed by atoms with Gasteiger partial charge in [0.15, 0.2) is 0 Å². The van der Waals surface area contributed by atoms with Crippen LogP contribution in [-0.2, 0) is 0 Å². The molecule has 0 saturated heterocycles. The molecule has 1 aromatic carbocycles. The lowest BCUT2D eigenvalue weighted by Crippen LogP contribution is -2.32. The first kappa shape index (κ1) is 15.2. The van der Waals surface area contributed by atoms with Crippen molar-refractivity contribution < 1.29 is 5.11 Å². The Morgan fingerprint density at radius 1 is 1.28 bits per heavy atom. The molecule has 0 aliphatic rings. The molecule has 2 nitrogen and oxygen atoms in total. The third-order valence-corrected chi connectivity index (χ3v) is 3.79. The molecule has 0 heterocycles. The molecule has 102 valence electrons. The quantitative estimate of drug-likeness (QED) is 0.810. The Kier molecular flexibility index (Phi) is 5.36. The van der Waals surface area contributed by atoms with Gasteiger partial charge in [0.1, 0.15) is 0 Å². The molecule has 0 saturated carbocycles. The number of hydrogen-bond donors (Lipinski definition) is 2. The van der Waals surface area contributed by atoms with E-state index in [4.69, 9.17) is 5.11 Å². The molecule has 0 aliphatic heterocycles. The Labute approximate surface area is 111 Å². The van der Waals surface area contributed by atoms with Crippen molar-refractivity contribution in [2.45, 2.75) is 47.1 Å². The van der Waals surface area contributed by atoms with Crippen LogP contribution in [-0.4, -0.2) is 18.3 Å². The normalized spacial score (nSPS) is 13.7. The van der Waals surface area contributed by atoms with Crippen molar-refractivity contribution in [3.63, 3.8) is 0 Å². The summed E-state index contributed by atoms with van der Waals surface area (Å²) in [7, 11) is 0. The van der Waals surface area contributed by atoms with E-state index < -0.39 is 0 Å². The number of rotatable bonds is 6. The summed E-state index contributed by atoms with van der Waals surface area (Å²) in [5.41, 5.74) is 4.23. The van der Waals surface area contributed by atoms with E-state index in [-0.39, 0.29) is 12.0 Å². The van der Waals surface area contributed by atoms with E-state index in [1.165, 1.54) is 16.7 Å². The number of nitrogens with one attached hydrogen (secondary N) is 1. The maximum Gasteiger partial charge on any atom is 0.0436 e. The van der Waals surface area contributed by atoms with Crippen LogP contribution in [0.3, 0.4) is 0 Å². The van der Waals surface area contributed by atoms with Gasteiger partial charge in [0, 0.05) is 19.2 Å². The van der Waals surface area contributed by atoms with E-state index in [2.05, 4.69) is 58.1 Å². The Balaban J connectivity index is 2.66. The summed E-state index contributed by atoms with van der Waals surface area (Å²) in [5, 5.41) is 12.6. The highest BCUT2D eigenvalue weighted by atomic mass is 16.3. The number of aliphatic hydroxyl groups is 1. The van der Waals surface area contributed by atoms with Crippen LogP contribution in [0.5, 0.6) is 0 Å². The van der Waals surface area contributed by atoms with Gasteiger partial charge in [0.25, 0.3) is 0 Å². The zero-order valence-electron chi connectivity index (χ0n) is 12.4. The summed E-state index contributed by atoms with van der Waals surface area (Å²) in [5.74, 6) is 0. The molecule has 0 spiro atoms. The second kappa shape index (κ2) is 6.35. The molecule has 0 aromatic heterocycles. The van der Waals surface area contributed by atoms with Gasteiger partial charge in [0.2, 0.25) is 0 Å². The van der Waals surface area contributed by atoms with E-state index in [1.54, 1.807) is 0 Å². The fraction of sp³-hybridized carbons (Fsp3) is 0.625. The number of hydrogen-bond acceptors (Lipinski definition) is 2. The van der Waals surface area contributed by atoms with Crippen LogP contribution in [0.2, 0.25) is 0 Å². The first-order chi connectivity index (χ1) is 8.37. The van der Waals surface area contributed by atoms with E-state index in [1.807, 2.05) is 0 Å². The minimum Gasteiger partial charge on any atom is -0.396 e. The van der Waals surface area contributed by atoms with Gasteiger partial charge in [-0.2, -0.15) is 0 Å². The molecular weight excluding hydrogens is 222 g/mol. The maximum atomic E-state index is 9.04. The summed E-state index contributed by atoms with van der Waals surface area (Å²) >= 11 is 0. The van der Waals surface area contributed by atoms with E-state index in [0.29, 0.717) is 6.04 Å². The minimum atomic E-state index is 0.140. The van der Waals surface area contributed by atoms with Crippen molar-refractivity contribution in [3.8, 4) is 0 Å². The molecule has 2 heteroatoms. The van der Waals surface area contributed by atoms with Gasteiger partial charge >= 0.3 is 0 Å². The van der Waals surface area contributed by atoms with Crippen molar-refractivity contribution >= 4 is 0 Å². The second-order valence-corrected chi connectivity index (χ2v) is 6.03. The number of aryl methyl sites for hydroxylation is 1. The molecule has 2 N–H and O–H groups in total. The van der Waals surface area contributed by atoms with Crippen molar-refractivity contribution in [1.82, 2.24) is 5.32 Å². The molecular formula is C16H27NO. The zero-order chi connectivity index (χ0) is 13.8. The van der Waals surface area contributed by atoms with Gasteiger partial charge in [-0.15, -0.1) is 0 Å². The monoisotopic (exact) mass is 249 g/mol. The zero-order valence-corrected chi connectivity index (χ0v) is 12.4. The third kappa shape index (κ3) is 4.11. The minimum absolute atomic E-state index is 0.140. The summed E-state index contributed by atoms with van der Waals surface area (Å²) < 4.78 is 0. The topological polar surface area (TPSA) is 32.3 Å². The summed E-state index contributed by atoms with van der Waals surface area (Å²) in [6, 6.07) is 6.82. The second-order valence-electron chi connectivity index (χ2n) is 6.03. The number of aliphatic hydroxyl groups excluding tert-OH is 1. The molecule has 0 radical (unpaired) electrons. The Bertz CT molecular complexity index is 385. The van der Waals surface area contributed by atoms with Crippen LogP contribution in [0.1, 0.15) is 49.9 Å². The van der Waals surface area contributed by atoms with Gasteiger partial charge in [-0.05, 0) is 49.3 Å². The molecule has 1 atom stereocenters. The van der Waals surface area contributed by atoms with Crippen LogP contribution in [0.15, 0.2) is 18.2 Å². The lowest BCUT2D eigenvalue weighted by molar-refractivity contribution is 0.203. The van der Waals surface area contributed by atoms with Crippen LogP contribution in [0, 0.1) is 19.3 Å². The fourth-order valence-corrected chi connectivity index (χ4v) is 2.17. The van der Waals surface area contributed by atoms with Crippen LogP contribution in [0.4, 0.5) is 0 Å². The smallest absolute Gasteiger partial charge is 0.0436 e. The van der Waals surface area contributed by atoms with E-state index in [9.17, 15) is 0 Å². The van der Waals surface area contributed by atoms with E-state index >= 15 is 0 Å². The highest BCUT2D eigenvalue weighted by Gasteiger charge is 2.18. The molecule has 0 aliphatic carbocycles. The standard InChI is InChI=1S/C16H27NO/c1-12-7-6-8-15(13(12)2)14(3)17-11-16(4,5)9-10-18/h6-8,14,17-18H,9-11H2,1-5H3. The van der Waals surface area contributed by atoms with Crippen molar-refractivity contribution in [2.75, 3.05) is 13.2 Å². The third-order valence-electron chi connectivity index (χ3n) is 3.79. The fourth-order valence-electron chi connectivity index (χ4n) is 2.17. The van der Waals surface area contributed by atoms with Crippen LogP contribution < -0.4 is 5.32 Å². The van der Waals surface area contributed by atoms with Crippen molar-refractivity contribution in [2.24, 2.45) is 5.41 Å². The predicted molar refractivity (Wildman–Crippen MR) is 77.8 cm³/mol. The van der Waals surface area contributed by atoms with Gasteiger partial charge in [-0.1, -0.05) is 32.0 Å². The first-order valence-corrected chi connectivity index (χ1v) is 6.78. The average molecular weight is 249 g/mol. The average Bonchev–Trinajstić information content (AvgIpc) is 2.30. The summed E-state index contributed by atoms with van der Waals surface area (Å²) in [4.78, 5) is 0. The lowest BCUT2D eigenvalue weighted by Gasteiger charge is -2.27. The highest BCUT2D eigenvalue weighted by molar-refractivity contribution is 5.35. The first-order valence-electron chi connectivity index (χ1n) is 6.78. The summed E-state index contributed by atoms with van der Waals surface area (Å²) in [6.45, 7) is 12.1. The van der Waals surface area contributed by atoms with Gasteiger partial charge in [-0.25, -0.2) is 0 Å².